The molecule has 1 unspecified atom stereocenters. The molecule has 20 heavy (non-hydrogen) atoms. The maximum absolute atomic E-state index is 12.0. The predicted molar refractivity (Wildman–Crippen MR) is 92.7 cm³/mol. The van der Waals surface area contributed by atoms with Gasteiger partial charge < -0.3 is 4.90 Å². The number of hydrogen-bond acceptors (Lipinski definition) is 4. The summed E-state index contributed by atoms with van der Waals surface area (Å²) in [6, 6.07) is 3.88. The summed E-state index contributed by atoms with van der Waals surface area (Å²) in [4.78, 5) is 15.0. The van der Waals surface area contributed by atoms with Gasteiger partial charge in [-0.15, -0.1) is 11.3 Å². The number of rotatable bonds is 7. The minimum absolute atomic E-state index is 0.239. The molecule has 0 N–H and O–H groups in total. The molecule has 0 spiro atoms. The highest BCUT2D eigenvalue weighted by molar-refractivity contribution is 8.77. The maximum Gasteiger partial charge on any atom is 0.222 e. The van der Waals surface area contributed by atoms with E-state index in [1.54, 1.807) is 11.3 Å². The monoisotopic (exact) mass is 349 g/mol. The Morgan fingerprint density at radius 3 is 2.95 bits per heavy atom. The van der Waals surface area contributed by atoms with Crippen LogP contribution < -0.4 is 0 Å². The van der Waals surface area contributed by atoms with Crippen LogP contribution in [-0.4, -0.2) is 28.9 Å². The van der Waals surface area contributed by atoms with Crippen LogP contribution in [0.1, 0.15) is 37.0 Å². The van der Waals surface area contributed by atoms with E-state index in [2.05, 4.69) is 0 Å². The Morgan fingerprint density at radius 1 is 1.45 bits per heavy atom. The van der Waals surface area contributed by atoms with Crippen molar-refractivity contribution in [1.82, 2.24) is 4.90 Å². The first-order chi connectivity index (χ1) is 9.65. The van der Waals surface area contributed by atoms with E-state index in [4.69, 9.17) is 11.6 Å². The first-order valence-electron chi connectivity index (χ1n) is 6.91. The summed E-state index contributed by atoms with van der Waals surface area (Å²) in [5, 5.41) is 0.820. The third-order valence-corrected chi connectivity index (χ3v) is 7.56. The first kappa shape index (κ1) is 16.5. The number of thiophene rings is 1. The van der Waals surface area contributed by atoms with Crippen LogP contribution in [0.5, 0.6) is 0 Å². The van der Waals surface area contributed by atoms with E-state index in [1.165, 1.54) is 25.0 Å². The summed E-state index contributed by atoms with van der Waals surface area (Å²) in [7, 11) is 5.88. The number of unbranched alkanes of at least 4 members (excludes halogenated alkanes) is 1. The molecular formula is C14H20ClNOS3. The van der Waals surface area contributed by atoms with Gasteiger partial charge in [0.05, 0.1) is 10.9 Å². The summed E-state index contributed by atoms with van der Waals surface area (Å²) in [5.41, 5.74) is 0. The van der Waals surface area contributed by atoms with E-state index in [0.717, 1.165) is 20.9 Å². The molecule has 1 aliphatic rings. The van der Waals surface area contributed by atoms with Crippen LogP contribution in [-0.2, 0) is 11.3 Å². The molecule has 0 saturated carbocycles. The van der Waals surface area contributed by atoms with Gasteiger partial charge in [-0.3, -0.25) is 4.79 Å². The fourth-order valence-corrected chi connectivity index (χ4v) is 6.33. The largest absolute Gasteiger partial charge is 0.341 e. The SMILES string of the molecule is CN(Cc1ccc(Cl)s1)C(=O)CCCCC1CCSS1. The zero-order valence-corrected chi connectivity index (χ0v) is 14.8. The lowest BCUT2D eigenvalue weighted by molar-refractivity contribution is -0.130. The number of nitrogens with zero attached hydrogens (tertiary/aromatic N) is 1. The minimum atomic E-state index is 0.239. The highest BCUT2D eigenvalue weighted by Crippen LogP contribution is 2.39. The molecule has 112 valence electrons. The minimum Gasteiger partial charge on any atom is -0.341 e. The third kappa shape index (κ3) is 5.51. The van der Waals surface area contributed by atoms with Crippen LogP contribution in [0.3, 0.4) is 0 Å². The van der Waals surface area contributed by atoms with Crippen molar-refractivity contribution in [1.29, 1.82) is 0 Å². The zero-order chi connectivity index (χ0) is 14.4. The molecule has 1 aliphatic heterocycles. The molecule has 0 aliphatic carbocycles. The molecule has 6 heteroatoms. The number of hydrogen-bond donors (Lipinski definition) is 0. The molecule has 2 heterocycles. The Hall–Kier alpha value is 0.160. The number of amides is 1. The second-order valence-electron chi connectivity index (χ2n) is 5.03. The van der Waals surface area contributed by atoms with E-state index in [9.17, 15) is 4.79 Å². The second-order valence-corrected chi connectivity index (χ2v) is 9.62. The highest BCUT2D eigenvalue weighted by atomic mass is 35.5. The molecule has 0 radical (unpaired) electrons. The molecular weight excluding hydrogens is 330 g/mol. The van der Waals surface area contributed by atoms with Crippen molar-refractivity contribution in [3.63, 3.8) is 0 Å². The molecule has 1 saturated heterocycles. The van der Waals surface area contributed by atoms with Gasteiger partial charge in [-0.05, 0) is 31.4 Å². The van der Waals surface area contributed by atoms with Gasteiger partial charge in [0.1, 0.15) is 0 Å². The van der Waals surface area contributed by atoms with Gasteiger partial charge in [0.2, 0.25) is 5.91 Å². The lowest BCUT2D eigenvalue weighted by Gasteiger charge is -2.16. The van der Waals surface area contributed by atoms with Gasteiger partial charge in [0.15, 0.2) is 0 Å². The van der Waals surface area contributed by atoms with Crippen LogP contribution in [0, 0.1) is 0 Å². The molecule has 1 aromatic rings. The summed E-state index contributed by atoms with van der Waals surface area (Å²) in [5.74, 6) is 1.53. The second kappa shape index (κ2) is 8.57. The molecule has 2 nitrogen and oxygen atoms in total. The topological polar surface area (TPSA) is 20.3 Å². The number of halogens is 1. The van der Waals surface area contributed by atoms with Crippen LogP contribution in [0.2, 0.25) is 4.34 Å². The van der Waals surface area contributed by atoms with Crippen molar-refractivity contribution in [3.05, 3.63) is 21.3 Å². The molecule has 2 rings (SSSR count). The van der Waals surface area contributed by atoms with Crippen LogP contribution in [0.25, 0.3) is 0 Å². The maximum atomic E-state index is 12.0. The Kier molecular flexibility index (Phi) is 7.08. The number of carbonyl (C=O) groups excluding carboxylic acids is 1. The van der Waals surface area contributed by atoms with Crippen LogP contribution >= 0.6 is 44.5 Å². The first-order valence-corrected chi connectivity index (χ1v) is 10.5. The Balaban J connectivity index is 1.61. The average molecular weight is 350 g/mol. The fraction of sp³-hybridized carbons (Fsp3) is 0.643. The van der Waals surface area contributed by atoms with Crippen LogP contribution in [0.4, 0.5) is 0 Å². The average Bonchev–Trinajstić information content (AvgIpc) is 3.06. The van der Waals surface area contributed by atoms with E-state index < -0.39 is 0 Å². The predicted octanol–water partition coefficient (Wildman–Crippen LogP) is 5.07. The lowest BCUT2D eigenvalue weighted by Crippen LogP contribution is -2.25. The van der Waals surface area contributed by atoms with Gasteiger partial charge in [-0.25, -0.2) is 0 Å². The Labute approximate surface area is 138 Å². The molecule has 1 atom stereocenters. The Morgan fingerprint density at radius 2 is 2.30 bits per heavy atom. The highest BCUT2D eigenvalue weighted by Gasteiger charge is 2.16. The molecule has 0 aromatic carbocycles. The summed E-state index contributed by atoms with van der Waals surface area (Å²) in [6.45, 7) is 0.672. The molecule has 1 aromatic heterocycles. The van der Waals surface area contributed by atoms with Crippen LogP contribution in [0.15, 0.2) is 12.1 Å². The van der Waals surface area contributed by atoms with Gasteiger partial charge >= 0.3 is 0 Å². The van der Waals surface area contributed by atoms with Gasteiger partial charge in [-0.1, -0.05) is 39.6 Å². The molecule has 1 amide bonds. The van der Waals surface area contributed by atoms with Gasteiger partial charge in [0.25, 0.3) is 0 Å². The van der Waals surface area contributed by atoms with E-state index in [-0.39, 0.29) is 5.91 Å². The zero-order valence-electron chi connectivity index (χ0n) is 11.6. The molecule has 1 fully saturated rings. The smallest absolute Gasteiger partial charge is 0.222 e. The van der Waals surface area contributed by atoms with Crippen molar-refractivity contribution in [2.75, 3.05) is 12.8 Å². The normalized spacial score (nSPS) is 18.4. The summed E-state index contributed by atoms with van der Waals surface area (Å²) in [6.07, 6.45) is 5.44. The summed E-state index contributed by atoms with van der Waals surface area (Å²) >= 11 is 7.44. The van der Waals surface area contributed by atoms with Gasteiger partial charge in [-0.2, -0.15) is 0 Å². The van der Waals surface area contributed by atoms with E-state index in [0.29, 0.717) is 13.0 Å². The van der Waals surface area contributed by atoms with Crippen molar-refractivity contribution < 1.29 is 4.79 Å². The van der Waals surface area contributed by atoms with Crippen molar-refractivity contribution >= 4 is 50.4 Å². The van der Waals surface area contributed by atoms with Crippen molar-refractivity contribution in [3.8, 4) is 0 Å². The standard InChI is InChI=1S/C14H20ClNOS3/c1-16(10-12-6-7-13(15)19-12)14(17)5-3-2-4-11-8-9-18-20-11/h6-7,11H,2-5,8-10H2,1H3. The fourth-order valence-electron chi connectivity index (χ4n) is 2.16. The van der Waals surface area contributed by atoms with Gasteiger partial charge in [0, 0.05) is 29.3 Å². The summed E-state index contributed by atoms with van der Waals surface area (Å²) < 4.78 is 0.785. The quantitative estimate of drug-likeness (QED) is 0.506. The third-order valence-electron chi connectivity index (χ3n) is 3.34. The van der Waals surface area contributed by atoms with Crippen molar-refractivity contribution in [2.24, 2.45) is 0 Å². The Bertz CT molecular complexity index is 432. The van der Waals surface area contributed by atoms with Crippen molar-refractivity contribution in [2.45, 2.75) is 43.9 Å². The molecule has 0 bridgehead atoms. The number of carbonyl (C=O) groups is 1. The van der Waals surface area contributed by atoms with E-state index in [1.807, 2.05) is 45.7 Å². The lowest BCUT2D eigenvalue weighted by atomic mass is 10.1. The van der Waals surface area contributed by atoms with E-state index >= 15 is 0 Å².